The SMILES string of the molecule is [AlH3].[Cu].[SiH3].[TeH]. The van der Waals surface area contributed by atoms with Gasteiger partial charge in [0.1, 0.15) is 0 Å². The van der Waals surface area contributed by atoms with Gasteiger partial charge in [-0.1, -0.05) is 0 Å². The van der Waals surface area contributed by atoms with Gasteiger partial charge < -0.3 is 0 Å². The van der Waals surface area contributed by atoms with Crippen molar-refractivity contribution >= 4 is 52.0 Å². The molecule has 0 amide bonds. The molecule has 0 aliphatic heterocycles. The second kappa shape index (κ2) is 19.7. The van der Waals surface area contributed by atoms with E-state index >= 15 is 0 Å². The molecule has 0 bridgehead atoms. The van der Waals surface area contributed by atoms with Crippen LogP contribution in [-0.2, 0) is 17.1 Å². The predicted molar refractivity (Wildman–Crippen MR) is 27.0 cm³/mol. The second-order valence-electron chi connectivity index (χ2n) is 0. The number of hydrogen-bond acceptors (Lipinski definition) is 0. The molecule has 0 atom stereocenters. The molecule has 0 spiro atoms. The zero-order valence-electron chi connectivity index (χ0n) is 1.75. The Morgan fingerprint density at radius 3 is 1.00 bits per heavy atom. The van der Waals surface area contributed by atoms with Crippen molar-refractivity contribution in [3.05, 3.63) is 0 Å². The molecule has 0 nitrogen and oxygen atoms in total. The van der Waals surface area contributed by atoms with Crippen molar-refractivity contribution in [2.75, 3.05) is 0 Å². The summed E-state index contributed by atoms with van der Waals surface area (Å²) >= 11 is 0. The quantitative estimate of drug-likeness (QED) is 0.403. The van der Waals surface area contributed by atoms with Gasteiger partial charge in [0.15, 0.2) is 17.4 Å². The molecular weight excluding hydrogens is 246 g/mol. The normalized spacial score (nSPS) is 0. The average molecular weight is 253 g/mol. The van der Waals surface area contributed by atoms with Crippen LogP contribution in [0.15, 0.2) is 0 Å². The fraction of sp³-hybridized carbons (Fsp3) is 0. The van der Waals surface area contributed by atoms with E-state index in [0.29, 0.717) is 0 Å². The van der Waals surface area contributed by atoms with Gasteiger partial charge >= 0.3 is 23.7 Å². The molecule has 0 saturated carbocycles. The maximum absolute atomic E-state index is 0. The molecule has 0 aliphatic carbocycles. The van der Waals surface area contributed by atoms with Gasteiger partial charge in [-0.3, -0.25) is 0 Å². The third-order valence-electron chi connectivity index (χ3n) is 0. The molecule has 3 radical (unpaired) electrons. The monoisotopic (exact) mass is 255 g/mol. The van der Waals surface area contributed by atoms with Crippen LogP contribution in [0.5, 0.6) is 0 Å². The van der Waals surface area contributed by atoms with Crippen molar-refractivity contribution in [2.45, 2.75) is 0 Å². The van der Waals surface area contributed by atoms with Crippen LogP contribution in [0.3, 0.4) is 0 Å². The fourth-order valence-electron chi connectivity index (χ4n) is 0. The van der Waals surface area contributed by atoms with Gasteiger partial charge in [0.25, 0.3) is 0 Å². The van der Waals surface area contributed by atoms with Crippen LogP contribution in [0.4, 0.5) is 0 Å². The van der Waals surface area contributed by atoms with Crippen molar-refractivity contribution < 1.29 is 17.1 Å². The zero-order chi connectivity index (χ0) is 0. The molecule has 4 heteroatoms. The molecule has 0 aromatic rings. The molecule has 0 N–H and O–H groups in total. The summed E-state index contributed by atoms with van der Waals surface area (Å²) in [7, 11) is 0. The Bertz CT molecular complexity index is 8.00. The molecule has 0 aromatic carbocycles. The number of hydrogen-bond donors (Lipinski definition) is 0. The summed E-state index contributed by atoms with van der Waals surface area (Å²) in [5.74, 6) is 0. The first-order chi connectivity index (χ1) is 0. The van der Waals surface area contributed by atoms with Crippen molar-refractivity contribution in [3.8, 4) is 0 Å². The Balaban J connectivity index is 0. The number of rotatable bonds is 0. The Labute approximate surface area is 68.5 Å². The van der Waals surface area contributed by atoms with E-state index in [1.54, 1.807) is 0 Å². The van der Waals surface area contributed by atoms with E-state index in [4.69, 9.17) is 0 Å². The summed E-state index contributed by atoms with van der Waals surface area (Å²) in [6.07, 6.45) is 0. The van der Waals surface area contributed by atoms with Gasteiger partial charge in [-0.15, -0.1) is 0 Å². The third-order valence-corrected chi connectivity index (χ3v) is 0. The van der Waals surface area contributed by atoms with Crippen molar-refractivity contribution in [1.82, 2.24) is 0 Å². The summed E-state index contributed by atoms with van der Waals surface area (Å²) < 4.78 is 0. The van der Waals surface area contributed by atoms with Crippen LogP contribution < -0.4 is 0 Å². The van der Waals surface area contributed by atoms with Crippen LogP contribution in [0.25, 0.3) is 0 Å². The molecule has 31 valence electrons. The molecule has 0 heterocycles. The Kier molecular flexibility index (Phi) is 180. The van der Waals surface area contributed by atoms with E-state index in [1.807, 2.05) is 0 Å². The first-order valence-corrected chi connectivity index (χ1v) is 0. The molecule has 0 fully saturated rings. The molecule has 0 saturated heterocycles. The Morgan fingerprint density at radius 2 is 1.00 bits per heavy atom. The molecular formula is H7AlCuSiTe. The van der Waals surface area contributed by atoms with Crippen molar-refractivity contribution in [1.29, 1.82) is 0 Å². The fourth-order valence-corrected chi connectivity index (χ4v) is 0. The van der Waals surface area contributed by atoms with Gasteiger partial charge in [-0.2, -0.15) is 0 Å². The van der Waals surface area contributed by atoms with Gasteiger partial charge in [-0.05, 0) is 11.0 Å². The van der Waals surface area contributed by atoms with Gasteiger partial charge in [-0.25, -0.2) is 0 Å². The van der Waals surface area contributed by atoms with Gasteiger partial charge in [0, 0.05) is 17.1 Å². The Hall–Kier alpha value is 2.06. The minimum atomic E-state index is 0. The molecule has 0 aromatic heterocycles. The van der Waals surface area contributed by atoms with Crippen molar-refractivity contribution in [2.24, 2.45) is 0 Å². The van der Waals surface area contributed by atoms with Crippen molar-refractivity contribution in [3.63, 3.8) is 0 Å². The summed E-state index contributed by atoms with van der Waals surface area (Å²) in [4.78, 5) is 0. The van der Waals surface area contributed by atoms with Crippen LogP contribution in [0.2, 0.25) is 0 Å². The predicted octanol–water partition coefficient (Wildman–Crippen LogP) is -3.02. The van der Waals surface area contributed by atoms with Gasteiger partial charge in [0.05, 0.1) is 0 Å². The molecule has 0 aliphatic rings. The molecule has 0 unspecified atom stereocenters. The first-order valence-electron chi connectivity index (χ1n) is 0. The van der Waals surface area contributed by atoms with Crippen LogP contribution >= 0.6 is 0 Å². The first kappa shape index (κ1) is 36.6. The summed E-state index contributed by atoms with van der Waals surface area (Å²) in [6.45, 7) is 0. The van der Waals surface area contributed by atoms with Crippen LogP contribution in [0, 0.1) is 0 Å². The van der Waals surface area contributed by atoms with E-state index in [2.05, 4.69) is 0 Å². The van der Waals surface area contributed by atoms with E-state index in [0.717, 1.165) is 0 Å². The molecule has 0 rings (SSSR count). The maximum atomic E-state index is 0. The van der Waals surface area contributed by atoms with E-state index in [9.17, 15) is 0 Å². The average Bonchev–Trinajstić information content (AvgIpc) is 0. The topological polar surface area (TPSA) is 0 Å². The standard InChI is InChI=1S/Al.Cu.H3Si.HTe.3H/h;;1H3;1H;;;. The second-order valence-corrected chi connectivity index (χ2v) is 0. The summed E-state index contributed by atoms with van der Waals surface area (Å²) in [5.41, 5.74) is 0. The third kappa shape index (κ3) is 8.96. The summed E-state index contributed by atoms with van der Waals surface area (Å²) in [6, 6.07) is 0. The van der Waals surface area contributed by atoms with E-state index in [1.165, 1.54) is 0 Å². The van der Waals surface area contributed by atoms with Gasteiger partial charge in [0.2, 0.25) is 0 Å². The van der Waals surface area contributed by atoms with Crippen LogP contribution in [0.1, 0.15) is 0 Å². The van der Waals surface area contributed by atoms with Crippen LogP contribution in [-0.4, -0.2) is 52.0 Å². The van der Waals surface area contributed by atoms with E-state index in [-0.39, 0.29) is 69.1 Å². The molecule has 4 heavy (non-hydrogen) atoms. The zero-order valence-corrected chi connectivity index (χ0v) is 7.24. The summed E-state index contributed by atoms with van der Waals surface area (Å²) in [5, 5.41) is 0. The Morgan fingerprint density at radius 1 is 1.00 bits per heavy atom. The minimum absolute atomic E-state index is 0. The van der Waals surface area contributed by atoms with E-state index < -0.39 is 0 Å².